The van der Waals surface area contributed by atoms with Crippen LogP contribution in [0.5, 0.6) is 0 Å². The first kappa shape index (κ1) is 34.3. The molecule has 238 valence electrons. The Kier molecular flexibility index (Phi) is 9.96. The number of hydrogen-bond donors (Lipinski definition) is 4. The molecule has 4 rings (SSSR count). The fourth-order valence-corrected chi connectivity index (χ4v) is 6.25. The van der Waals surface area contributed by atoms with Gasteiger partial charge in [-0.25, -0.2) is 8.78 Å². The van der Waals surface area contributed by atoms with Gasteiger partial charge in [0.15, 0.2) is 0 Å². The maximum Gasteiger partial charge on any atom is 0.251 e. The average molecular weight is 658 g/mol. The lowest BCUT2D eigenvalue weighted by Crippen LogP contribution is -2.45. The Bertz CT molecular complexity index is 1650. The van der Waals surface area contributed by atoms with Crippen LogP contribution in [0.2, 0.25) is 10.0 Å². The van der Waals surface area contributed by atoms with Gasteiger partial charge in [0.05, 0.1) is 22.7 Å². The van der Waals surface area contributed by atoms with Crippen LogP contribution in [-0.2, 0) is 10.2 Å². The summed E-state index contributed by atoms with van der Waals surface area (Å²) in [5.41, 5.74) is -2.84. The molecule has 0 aromatic heterocycles. The van der Waals surface area contributed by atoms with Crippen molar-refractivity contribution in [2.75, 3.05) is 11.9 Å². The van der Waals surface area contributed by atoms with E-state index < -0.39 is 57.9 Å². The number of rotatable bonds is 8. The van der Waals surface area contributed by atoms with Crippen molar-refractivity contribution >= 4 is 40.7 Å². The van der Waals surface area contributed by atoms with Crippen molar-refractivity contribution in [3.63, 3.8) is 0 Å². The van der Waals surface area contributed by atoms with E-state index >= 15 is 8.78 Å². The lowest BCUT2D eigenvalue weighted by molar-refractivity contribution is -0.118. The zero-order valence-corrected chi connectivity index (χ0v) is 27.2. The first-order chi connectivity index (χ1) is 21.0. The summed E-state index contributed by atoms with van der Waals surface area (Å²) in [6.45, 7) is 8.97. The Morgan fingerprint density at radius 3 is 2.36 bits per heavy atom. The number of aliphatic hydroxyl groups is 1. The van der Waals surface area contributed by atoms with Gasteiger partial charge in [0, 0.05) is 40.3 Å². The number of nitrogens with zero attached hydrogens (tertiary/aromatic N) is 1. The van der Waals surface area contributed by atoms with Crippen LogP contribution in [0.3, 0.4) is 0 Å². The number of nitriles is 1. The van der Waals surface area contributed by atoms with E-state index in [-0.39, 0.29) is 39.0 Å². The number of carbonyl (C=O) groups excluding carboxylic acids is 2. The fraction of sp³-hybridized carbons (Fsp3) is 0.382. The van der Waals surface area contributed by atoms with E-state index in [0.29, 0.717) is 6.42 Å². The quantitative estimate of drug-likeness (QED) is 0.215. The van der Waals surface area contributed by atoms with Crippen LogP contribution < -0.4 is 16.0 Å². The minimum atomic E-state index is -1.77. The topological polar surface area (TPSA) is 114 Å². The summed E-state index contributed by atoms with van der Waals surface area (Å²) in [7, 11) is 0. The lowest BCUT2D eigenvalue weighted by Gasteiger charge is -2.37. The van der Waals surface area contributed by atoms with Crippen LogP contribution in [0.15, 0.2) is 60.7 Å². The Morgan fingerprint density at radius 1 is 1.04 bits per heavy atom. The molecule has 4 N–H and O–H groups in total. The lowest BCUT2D eigenvalue weighted by atomic mass is 9.62. The number of nitrogens with one attached hydrogen (secondary N) is 3. The molecule has 4 atom stereocenters. The number of benzene rings is 3. The molecule has 3 aromatic rings. The SMILES string of the molecule is CC(C)(C)CC1NC(C(=O)Nc2cccc(C(=O)NCC(C)(C)O)c2)C(c2cccc(Cl)c2F)C1(C#N)c1ccc(Cl)cc1F. The Labute approximate surface area is 271 Å². The molecule has 3 aromatic carbocycles. The summed E-state index contributed by atoms with van der Waals surface area (Å²) < 4.78 is 31.7. The van der Waals surface area contributed by atoms with Gasteiger partial charge in [-0.1, -0.05) is 68.2 Å². The number of anilines is 1. The highest BCUT2D eigenvalue weighted by Crippen LogP contribution is 2.52. The minimum Gasteiger partial charge on any atom is -0.389 e. The molecule has 7 nitrogen and oxygen atoms in total. The molecule has 1 fully saturated rings. The van der Waals surface area contributed by atoms with E-state index in [0.717, 1.165) is 6.07 Å². The van der Waals surface area contributed by atoms with Crippen LogP contribution in [0.4, 0.5) is 14.5 Å². The van der Waals surface area contributed by atoms with E-state index in [1.54, 1.807) is 32.0 Å². The van der Waals surface area contributed by atoms with Crippen molar-refractivity contribution in [2.45, 2.75) is 70.1 Å². The molecular formula is C34H36Cl2F2N4O3. The molecule has 1 aliphatic heterocycles. The molecular weight excluding hydrogens is 621 g/mol. The van der Waals surface area contributed by atoms with Gasteiger partial charge >= 0.3 is 0 Å². The van der Waals surface area contributed by atoms with Gasteiger partial charge in [-0.15, -0.1) is 0 Å². The van der Waals surface area contributed by atoms with E-state index in [9.17, 15) is 20.0 Å². The summed E-state index contributed by atoms with van der Waals surface area (Å²) in [4.78, 5) is 26.9. The largest absolute Gasteiger partial charge is 0.389 e. The Morgan fingerprint density at radius 2 is 1.73 bits per heavy atom. The third-order valence-electron chi connectivity index (χ3n) is 7.81. The molecule has 0 bridgehead atoms. The maximum atomic E-state index is 15.9. The molecule has 1 aliphatic rings. The van der Waals surface area contributed by atoms with Crippen molar-refractivity contribution < 1.29 is 23.5 Å². The number of hydrogen-bond acceptors (Lipinski definition) is 5. The molecule has 11 heteroatoms. The van der Waals surface area contributed by atoms with Crippen LogP contribution in [0, 0.1) is 28.4 Å². The second-order valence-corrected chi connectivity index (χ2v) is 14.1. The third-order valence-corrected chi connectivity index (χ3v) is 8.33. The van der Waals surface area contributed by atoms with Crippen LogP contribution in [-0.4, -0.2) is 41.2 Å². The second kappa shape index (κ2) is 13.1. The zero-order valence-electron chi connectivity index (χ0n) is 25.6. The van der Waals surface area contributed by atoms with Crippen molar-refractivity contribution in [2.24, 2.45) is 5.41 Å². The predicted molar refractivity (Wildman–Crippen MR) is 171 cm³/mol. The molecule has 45 heavy (non-hydrogen) atoms. The molecule has 0 saturated carbocycles. The summed E-state index contributed by atoms with van der Waals surface area (Å²) in [6.07, 6.45) is 0.321. The second-order valence-electron chi connectivity index (χ2n) is 13.3. The minimum absolute atomic E-state index is 0.00790. The Hall–Kier alpha value is -3.55. The highest BCUT2D eigenvalue weighted by molar-refractivity contribution is 6.31. The van der Waals surface area contributed by atoms with E-state index in [1.165, 1.54) is 36.4 Å². The van der Waals surface area contributed by atoms with Crippen LogP contribution in [0.25, 0.3) is 0 Å². The van der Waals surface area contributed by atoms with Crippen LogP contribution >= 0.6 is 23.2 Å². The summed E-state index contributed by atoms with van der Waals surface area (Å²) in [6, 6.07) is 14.7. The van der Waals surface area contributed by atoms with E-state index in [2.05, 4.69) is 22.0 Å². The molecule has 0 aliphatic carbocycles. The predicted octanol–water partition coefficient (Wildman–Crippen LogP) is 6.73. The zero-order chi connectivity index (χ0) is 33.3. The molecule has 0 radical (unpaired) electrons. The Balaban J connectivity index is 1.83. The van der Waals surface area contributed by atoms with Crippen molar-refractivity contribution in [3.05, 3.63) is 99.0 Å². The van der Waals surface area contributed by atoms with Crippen molar-refractivity contribution in [1.82, 2.24) is 10.6 Å². The highest BCUT2D eigenvalue weighted by atomic mass is 35.5. The molecule has 2 amide bonds. The summed E-state index contributed by atoms with van der Waals surface area (Å²) in [5.74, 6) is -3.90. The standard InChI is InChI=1S/C34H36Cl2F2N4O3/c1-32(2,3)16-26-34(17-39,23-13-12-20(35)15-25(23)37)27(22-10-7-11-24(36)28(22)38)29(42-26)31(44)41-21-9-6-8-19(14-21)30(43)40-18-33(4,5)45/h6-15,26-27,29,42,45H,16,18H2,1-5H3,(H,40,43)(H,41,44). The number of amides is 2. The van der Waals surface area contributed by atoms with Gasteiger partial charge in [0.1, 0.15) is 17.0 Å². The molecule has 1 heterocycles. The summed E-state index contributed by atoms with van der Waals surface area (Å²) in [5, 5.41) is 29.6. The average Bonchev–Trinajstić information content (AvgIpc) is 3.26. The molecule has 0 spiro atoms. The molecule has 4 unspecified atom stereocenters. The first-order valence-corrected chi connectivity index (χ1v) is 15.2. The monoisotopic (exact) mass is 656 g/mol. The van der Waals surface area contributed by atoms with E-state index in [1.807, 2.05) is 20.8 Å². The number of halogens is 4. The first-order valence-electron chi connectivity index (χ1n) is 14.4. The van der Waals surface area contributed by atoms with Gasteiger partial charge < -0.3 is 21.1 Å². The summed E-state index contributed by atoms with van der Waals surface area (Å²) >= 11 is 12.3. The van der Waals surface area contributed by atoms with Gasteiger partial charge in [0.2, 0.25) is 5.91 Å². The van der Waals surface area contributed by atoms with Gasteiger partial charge in [-0.2, -0.15) is 5.26 Å². The smallest absolute Gasteiger partial charge is 0.251 e. The van der Waals surface area contributed by atoms with Crippen molar-refractivity contribution in [1.29, 1.82) is 5.26 Å². The highest BCUT2D eigenvalue weighted by Gasteiger charge is 2.61. The van der Waals surface area contributed by atoms with Crippen molar-refractivity contribution in [3.8, 4) is 6.07 Å². The maximum absolute atomic E-state index is 15.9. The van der Waals surface area contributed by atoms with E-state index in [4.69, 9.17) is 23.2 Å². The fourth-order valence-electron chi connectivity index (χ4n) is 5.91. The third kappa shape index (κ3) is 7.47. The van der Waals surface area contributed by atoms with Gasteiger partial charge in [0.25, 0.3) is 5.91 Å². The molecule has 1 saturated heterocycles. The normalized spacial score (nSPS) is 21.7. The van der Waals surface area contributed by atoms with Gasteiger partial charge in [-0.3, -0.25) is 9.59 Å². The van der Waals surface area contributed by atoms with Gasteiger partial charge in [-0.05, 0) is 67.6 Å². The van der Waals surface area contributed by atoms with Crippen LogP contribution in [0.1, 0.15) is 68.4 Å². The number of carbonyl (C=O) groups is 2.